The highest BCUT2D eigenvalue weighted by Gasteiger charge is 2.16. The van der Waals surface area contributed by atoms with E-state index in [0.717, 1.165) is 12.1 Å². The van der Waals surface area contributed by atoms with Crippen molar-refractivity contribution >= 4 is 17.2 Å². The molecule has 0 aliphatic heterocycles. The first kappa shape index (κ1) is 15.5. The van der Waals surface area contributed by atoms with Crippen LogP contribution in [0.1, 0.15) is 26.8 Å². The largest absolute Gasteiger partial charge is 0.409 e. The summed E-state index contributed by atoms with van der Waals surface area (Å²) in [4.78, 5) is 2.65. The topological polar surface area (TPSA) is 70.6 Å². The van der Waals surface area contributed by atoms with E-state index in [0.29, 0.717) is 6.54 Å². The summed E-state index contributed by atoms with van der Waals surface area (Å²) in [6.07, 6.45) is 0. The summed E-state index contributed by atoms with van der Waals surface area (Å²) < 4.78 is 0. The van der Waals surface area contributed by atoms with Gasteiger partial charge in [-0.3, -0.25) is 0 Å². The molecular formula is C16H21N3OS. The Morgan fingerprint density at radius 1 is 1.33 bits per heavy atom. The number of amidine groups is 1. The molecule has 0 saturated carbocycles. The monoisotopic (exact) mass is 303 g/mol. The summed E-state index contributed by atoms with van der Waals surface area (Å²) >= 11 is 1.80. The van der Waals surface area contributed by atoms with Crippen molar-refractivity contribution in [3.63, 3.8) is 0 Å². The van der Waals surface area contributed by atoms with Crippen LogP contribution in [0.4, 0.5) is 0 Å². The van der Waals surface area contributed by atoms with Gasteiger partial charge in [0, 0.05) is 22.8 Å². The number of benzene rings is 1. The van der Waals surface area contributed by atoms with Crippen LogP contribution in [0, 0.1) is 13.8 Å². The van der Waals surface area contributed by atoms with Gasteiger partial charge in [-0.1, -0.05) is 35.5 Å². The van der Waals surface area contributed by atoms with Crippen LogP contribution in [0.3, 0.4) is 0 Å². The minimum absolute atomic E-state index is 0.127. The number of hydrogen-bond acceptors (Lipinski definition) is 4. The number of nitrogens with two attached hydrogens (primary N) is 1. The molecule has 1 aromatic heterocycles. The van der Waals surface area contributed by atoms with Gasteiger partial charge in [0.25, 0.3) is 0 Å². The maximum atomic E-state index is 8.96. The molecule has 0 aliphatic carbocycles. The first-order chi connectivity index (χ1) is 10.1. The molecule has 4 N–H and O–H groups in total. The van der Waals surface area contributed by atoms with Crippen LogP contribution < -0.4 is 11.1 Å². The summed E-state index contributed by atoms with van der Waals surface area (Å²) in [7, 11) is 0. The summed E-state index contributed by atoms with van der Waals surface area (Å²) in [6.45, 7) is 5.68. The third-order valence-electron chi connectivity index (χ3n) is 3.54. The van der Waals surface area contributed by atoms with Gasteiger partial charge in [-0.2, -0.15) is 0 Å². The molecule has 0 fully saturated rings. The number of thiophene rings is 1. The summed E-state index contributed by atoms with van der Waals surface area (Å²) in [5.74, 6) is 0.102. The highest BCUT2D eigenvalue weighted by atomic mass is 32.1. The van der Waals surface area contributed by atoms with E-state index >= 15 is 0 Å². The van der Waals surface area contributed by atoms with Crippen molar-refractivity contribution in [2.45, 2.75) is 26.3 Å². The Morgan fingerprint density at radius 3 is 2.62 bits per heavy atom. The van der Waals surface area contributed by atoms with Gasteiger partial charge in [-0.05, 0) is 31.0 Å². The van der Waals surface area contributed by atoms with E-state index in [1.165, 1.54) is 15.3 Å². The Kier molecular flexibility index (Phi) is 5.36. The van der Waals surface area contributed by atoms with Crippen LogP contribution in [0.25, 0.3) is 0 Å². The van der Waals surface area contributed by atoms with Crippen molar-refractivity contribution in [2.75, 3.05) is 6.54 Å². The molecule has 0 radical (unpaired) electrons. The zero-order chi connectivity index (χ0) is 15.2. The van der Waals surface area contributed by atoms with E-state index in [4.69, 9.17) is 10.9 Å². The number of nitrogens with zero attached hydrogens (tertiary/aromatic N) is 1. The van der Waals surface area contributed by atoms with E-state index in [2.05, 4.69) is 30.4 Å². The van der Waals surface area contributed by atoms with Crippen LogP contribution in [0.5, 0.6) is 0 Å². The summed E-state index contributed by atoms with van der Waals surface area (Å²) in [5.41, 5.74) is 8.19. The number of hydrogen-bond donors (Lipinski definition) is 3. The van der Waals surface area contributed by atoms with Gasteiger partial charge in [0.05, 0.1) is 5.92 Å². The number of rotatable bonds is 6. The van der Waals surface area contributed by atoms with E-state index in [-0.39, 0.29) is 11.8 Å². The lowest BCUT2D eigenvalue weighted by molar-refractivity contribution is 0.315. The van der Waals surface area contributed by atoms with Gasteiger partial charge in [0.15, 0.2) is 0 Å². The molecule has 21 heavy (non-hydrogen) atoms. The normalized spacial score (nSPS) is 13.3. The fraction of sp³-hybridized carbons (Fsp3) is 0.312. The molecule has 2 aromatic rings. The predicted molar refractivity (Wildman–Crippen MR) is 88.1 cm³/mol. The van der Waals surface area contributed by atoms with Crippen LogP contribution in [-0.2, 0) is 6.54 Å². The molecule has 5 heteroatoms. The van der Waals surface area contributed by atoms with Gasteiger partial charge >= 0.3 is 0 Å². The summed E-state index contributed by atoms with van der Waals surface area (Å²) in [6, 6.07) is 12.1. The average molecular weight is 303 g/mol. The molecule has 1 aromatic carbocycles. The van der Waals surface area contributed by atoms with Crippen LogP contribution in [0.15, 0.2) is 41.6 Å². The van der Waals surface area contributed by atoms with Crippen LogP contribution >= 0.6 is 11.3 Å². The van der Waals surface area contributed by atoms with Crippen molar-refractivity contribution in [1.29, 1.82) is 0 Å². The van der Waals surface area contributed by atoms with Crippen LogP contribution in [0.2, 0.25) is 0 Å². The molecule has 0 saturated heterocycles. The Balaban J connectivity index is 2.00. The molecular weight excluding hydrogens is 282 g/mol. The quantitative estimate of drug-likeness (QED) is 0.332. The predicted octanol–water partition coefficient (Wildman–Crippen LogP) is 2.98. The van der Waals surface area contributed by atoms with Gasteiger partial charge < -0.3 is 16.3 Å². The molecule has 1 unspecified atom stereocenters. The molecule has 0 aliphatic rings. The molecule has 2 rings (SSSR count). The lowest BCUT2D eigenvalue weighted by atomic mass is 9.98. The highest BCUT2D eigenvalue weighted by molar-refractivity contribution is 7.12. The minimum atomic E-state index is -0.127. The van der Waals surface area contributed by atoms with Crippen molar-refractivity contribution in [2.24, 2.45) is 10.9 Å². The van der Waals surface area contributed by atoms with Gasteiger partial charge in [-0.15, -0.1) is 11.3 Å². The Bertz CT molecular complexity index is 588. The number of oxime groups is 1. The molecule has 4 nitrogen and oxygen atoms in total. The van der Waals surface area contributed by atoms with E-state index in [1.807, 2.05) is 30.3 Å². The van der Waals surface area contributed by atoms with Crippen molar-refractivity contribution < 1.29 is 5.21 Å². The second kappa shape index (κ2) is 7.24. The lowest BCUT2D eigenvalue weighted by Crippen LogP contribution is -2.31. The Labute approximate surface area is 129 Å². The smallest absolute Gasteiger partial charge is 0.147 e. The Morgan fingerprint density at radius 2 is 2.05 bits per heavy atom. The molecule has 1 atom stereocenters. The van der Waals surface area contributed by atoms with Gasteiger partial charge in [-0.25, -0.2) is 0 Å². The molecule has 1 heterocycles. The maximum Gasteiger partial charge on any atom is 0.147 e. The van der Waals surface area contributed by atoms with Crippen molar-refractivity contribution in [3.8, 4) is 0 Å². The first-order valence-electron chi connectivity index (χ1n) is 6.90. The zero-order valence-corrected chi connectivity index (χ0v) is 13.2. The first-order valence-corrected chi connectivity index (χ1v) is 7.72. The van der Waals surface area contributed by atoms with Crippen LogP contribution in [-0.4, -0.2) is 17.6 Å². The molecule has 0 bridgehead atoms. The second-order valence-corrected chi connectivity index (χ2v) is 6.41. The maximum absolute atomic E-state index is 8.96. The minimum Gasteiger partial charge on any atom is -0.409 e. The van der Waals surface area contributed by atoms with E-state index in [9.17, 15) is 0 Å². The number of aryl methyl sites for hydroxylation is 2. The standard InChI is InChI=1S/C16H21N3OS/c1-11-8-14(21-12(11)2)9-18-10-15(16(17)19-20)13-6-4-3-5-7-13/h3-8,15,18,20H,9-10H2,1-2H3,(H2,17,19). The van der Waals surface area contributed by atoms with Gasteiger partial charge in [0.2, 0.25) is 0 Å². The average Bonchev–Trinajstić information content (AvgIpc) is 2.82. The third kappa shape index (κ3) is 4.06. The van der Waals surface area contributed by atoms with Crippen molar-refractivity contribution in [3.05, 3.63) is 57.3 Å². The van der Waals surface area contributed by atoms with E-state index < -0.39 is 0 Å². The second-order valence-electron chi connectivity index (χ2n) is 5.07. The third-order valence-corrected chi connectivity index (χ3v) is 4.69. The number of nitrogens with one attached hydrogen (secondary N) is 1. The SMILES string of the molecule is Cc1cc(CNCC(C(N)=NO)c2ccccc2)sc1C. The van der Waals surface area contributed by atoms with Crippen molar-refractivity contribution in [1.82, 2.24) is 5.32 Å². The fourth-order valence-corrected chi connectivity index (χ4v) is 3.25. The molecule has 0 amide bonds. The highest BCUT2D eigenvalue weighted by Crippen LogP contribution is 2.21. The molecule has 0 spiro atoms. The summed E-state index contributed by atoms with van der Waals surface area (Å²) in [5, 5.41) is 15.5. The lowest BCUT2D eigenvalue weighted by Gasteiger charge is -2.16. The van der Waals surface area contributed by atoms with E-state index in [1.54, 1.807) is 11.3 Å². The van der Waals surface area contributed by atoms with Gasteiger partial charge in [0.1, 0.15) is 5.84 Å². The zero-order valence-electron chi connectivity index (χ0n) is 12.3. The Hall–Kier alpha value is -1.85. The molecule has 112 valence electrons. The fourth-order valence-electron chi connectivity index (χ4n) is 2.22.